The zero-order chi connectivity index (χ0) is 6.27. The third kappa shape index (κ3) is 0.559. The second-order valence-electron chi connectivity index (χ2n) is 2.55. The maximum atomic E-state index is 4.00. The molecule has 1 aliphatic rings. The highest BCUT2D eigenvalue weighted by Gasteiger charge is 2.22. The molecular weight excluding hydrogens is 112 g/mol. The lowest BCUT2D eigenvalue weighted by Gasteiger charge is -2.23. The van der Waals surface area contributed by atoms with Crippen molar-refractivity contribution in [3.63, 3.8) is 0 Å². The molecule has 1 aromatic heterocycles. The van der Waals surface area contributed by atoms with Gasteiger partial charge in [0.05, 0.1) is 5.69 Å². The van der Waals surface area contributed by atoms with Crippen LogP contribution in [0.5, 0.6) is 0 Å². The molecule has 1 heterocycles. The molecule has 2 rings (SSSR count). The van der Waals surface area contributed by atoms with Crippen LogP contribution in [0.1, 0.15) is 24.1 Å². The zero-order valence-corrected chi connectivity index (χ0v) is 5.33. The van der Waals surface area contributed by atoms with Crippen LogP contribution in [0, 0.1) is 0 Å². The molecule has 0 saturated carbocycles. The molecule has 0 radical (unpaired) electrons. The summed E-state index contributed by atoms with van der Waals surface area (Å²) in [6, 6.07) is 2.04. The van der Waals surface area contributed by atoms with E-state index in [1.165, 1.54) is 17.7 Å². The van der Waals surface area contributed by atoms with Crippen molar-refractivity contribution in [1.29, 1.82) is 0 Å². The summed E-state index contributed by atoms with van der Waals surface area (Å²) in [7, 11) is 0. The van der Waals surface area contributed by atoms with E-state index in [0.29, 0.717) is 5.92 Å². The van der Waals surface area contributed by atoms with E-state index in [2.05, 4.69) is 17.1 Å². The van der Waals surface area contributed by atoms with Crippen molar-refractivity contribution in [2.75, 3.05) is 0 Å². The lowest BCUT2D eigenvalue weighted by Crippen LogP contribution is -2.16. The number of hydrogen-bond acceptors (Lipinski definition) is 2. The predicted octanol–water partition coefficient (Wildman–Crippen LogP) is 1.14. The first-order valence-electron chi connectivity index (χ1n) is 3.18. The van der Waals surface area contributed by atoms with E-state index in [1.54, 1.807) is 6.20 Å². The van der Waals surface area contributed by atoms with Gasteiger partial charge in [-0.05, 0) is 18.1 Å². The molecule has 0 fully saturated rings. The first kappa shape index (κ1) is 4.91. The fourth-order valence-corrected chi connectivity index (χ4v) is 1.25. The van der Waals surface area contributed by atoms with E-state index in [9.17, 15) is 0 Å². The average molecular weight is 120 g/mol. The van der Waals surface area contributed by atoms with Gasteiger partial charge in [-0.3, -0.25) is 0 Å². The van der Waals surface area contributed by atoms with Crippen molar-refractivity contribution < 1.29 is 0 Å². The second-order valence-corrected chi connectivity index (χ2v) is 2.55. The van der Waals surface area contributed by atoms with E-state index in [-0.39, 0.29) is 0 Å². The molecule has 0 N–H and O–H groups in total. The van der Waals surface area contributed by atoms with Crippen LogP contribution in [0.3, 0.4) is 0 Å². The van der Waals surface area contributed by atoms with Crippen molar-refractivity contribution in [2.45, 2.75) is 19.3 Å². The Kier molecular flexibility index (Phi) is 0.835. The molecule has 0 aromatic carbocycles. The van der Waals surface area contributed by atoms with Crippen LogP contribution < -0.4 is 0 Å². The summed E-state index contributed by atoms with van der Waals surface area (Å²) in [4.78, 5) is 0. The van der Waals surface area contributed by atoms with Gasteiger partial charge in [-0.15, -0.1) is 0 Å². The quantitative estimate of drug-likeness (QED) is 0.513. The summed E-state index contributed by atoms with van der Waals surface area (Å²) in [6.45, 7) is 2.18. The lowest BCUT2D eigenvalue weighted by molar-refractivity contribution is 0.615. The summed E-state index contributed by atoms with van der Waals surface area (Å²) < 4.78 is 0. The van der Waals surface area contributed by atoms with Gasteiger partial charge < -0.3 is 0 Å². The largest absolute Gasteiger partial charge is 0.159 e. The number of nitrogens with zero attached hydrogens (tertiary/aromatic N) is 2. The first-order chi connectivity index (χ1) is 4.38. The van der Waals surface area contributed by atoms with Gasteiger partial charge in [0.15, 0.2) is 0 Å². The number of fused-ring (bicyclic) bond motifs is 1. The monoisotopic (exact) mass is 120 g/mol. The number of rotatable bonds is 0. The molecule has 0 amide bonds. The maximum absolute atomic E-state index is 4.00. The Bertz CT molecular complexity index is 232. The van der Waals surface area contributed by atoms with E-state index >= 15 is 0 Å². The predicted molar refractivity (Wildman–Crippen MR) is 34.2 cm³/mol. The molecule has 0 unspecified atom stereocenters. The maximum Gasteiger partial charge on any atom is 0.0694 e. The molecule has 2 heteroatoms. The summed E-state index contributed by atoms with van der Waals surface area (Å²) in [6.07, 6.45) is 2.94. The summed E-state index contributed by atoms with van der Waals surface area (Å²) in [5.74, 6) is 0.647. The lowest BCUT2D eigenvalue weighted by atomic mass is 9.84. The standard InChI is InChI=1S/C7H8N2/c1-5-4-6-2-3-8-9-7(5)6/h2-3,5H,4H2,1H3/t5-/m0/s1. The highest BCUT2D eigenvalue weighted by Crippen LogP contribution is 2.30. The van der Waals surface area contributed by atoms with E-state index in [0.717, 1.165) is 0 Å². The molecule has 1 aliphatic carbocycles. The Morgan fingerprint density at radius 2 is 2.56 bits per heavy atom. The molecule has 1 aromatic rings. The van der Waals surface area contributed by atoms with Crippen LogP contribution in [0.15, 0.2) is 12.3 Å². The van der Waals surface area contributed by atoms with E-state index < -0.39 is 0 Å². The van der Waals surface area contributed by atoms with Gasteiger partial charge in [-0.1, -0.05) is 6.92 Å². The third-order valence-corrected chi connectivity index (χ3v) is 1.83. The minimum Gasteiger partial charge on any atom is -0.159 e. The SMILES string of the molecule is C[C@H]1Cc2ccnnc21. The Labute approximate surface area is 53.9 Å². The summed E-state index contributed by atoms with van der Waals surface area (Å²) >= 11 is 0. The van der Waals surface area contributed by atoms with Gasteiger partial charge in [0.2, 0.25) is 0 Å². The van der Waals surface area contributed by atoms with Gasteiger partial charge in [0, 0.05) is 12.1 Å². The van der Waals surface area contributed by atoms with Crippen molar-refractivity contribution in [2.24, 2.45) is 0 Å². The van der Waals surface area contributed by atoms with Gasteiger partial charge in [0.25, 0.3) is 0 Å². The van der Waals surface area contributed by atoms with Crippen LogP contribution >= 0.6 is 0 Å². The van der Waals surface area contributed by atoms with Gasteiger partial charge in [0.1, 0.15) is 0 Å². The number of hydrogen-bond donors (Lipinski definition) is 0. The van der Waals surface area contributed by atoms with Gasteiger partial charge >= 0.3 is 0 Å². The Hall–Kier alpha value is -0.920. The van der Waals surface area contributed by atoms with E-state index in [4.69, 9.17) is 0 Å². The zero-order valence-electron chi connectivity index (χ0n) is 5.33. The summed E-state index contributed by atoms with van der Waals surface area (Å²) in [5, 5.41) is 7.79. The molecule has 0 saturated heterocycles. The van der Waals surface area contributed by atoms with E-state index in [1.807, 2.05) is 6.07 Å². The Morgan fingerprint density at radius 3 is 3.11 bits per heavy atom. The van der Waals surface area contributed by atoms with Crippen LogP contribution in [-0.2, 0) is 6.42 Å². The molecule has 1 atom stereocenters. The minimum atomic E-state index is 0.647. The topological polar surface area (TPSA) is 25.8 Å². The summed E-state index contributed by atoms with van der Waals surface area (Å²) in [5.41, 5.74) is 2.56. The minimum absolute atomic E-state index is 0.647. The first-order valence-corrected chi connectivity index (χ1v) is 3.18. The average Bonchev–Trinajstić information content (AvgIpc) is 1.86. The third-order valence-electron chi connectivity index (χ3n) is 1.83. The fraction of sp³-hybridized carbons (Fsp3) is 0.429. The van der Waals surface area contributed by atoms with Crippen LogP contribution in [0.2, 0.25) is 0 Å². The Balaban J connectivity index is 2.51. The Morgan fingerprint density at radius 1 is 1.67 bits per heavy atom. The highest BCUT2D eigenvalue weighted by molar-refractivity contribution is 5.31. The van der Waals surface area contributed by atoms with Crippen LogP contribution in [0.25, 0.3) is 0 Å². The van der Waals surface area contributed by atoms with Crippen molar-refractivity contribution in [3.8, 4) is 0 Å². The molecule has 2 nitrogen and oxygen atoms in total. The molecule has 0 spiro atoms. The van der Waals surface area contributed by atoms with Crippen LogP contribution in [-0.4, -0.2) is 10.2 Å². The van der Waals surface area contributed by atoms with Gasteiger partial charge in [-0.25, -0.2) is 0 Å². The smallest absolute Gasteiger partial charge is 0.0694 e. The normalized spacial score (nSPS) is 22.6. The highest BCUT2D eigenvalue weighted by atomic mass is 15.1. The van der Waals surface area contributed by atoms with Gasteiger partial charge in [-0.2, -0.15) is 10.2 Å². The molecular formula is C7H8N2. The van der Waals surface area contributed by atoms with Crippen molar-refractivity contribution in [1.82, 2.24) is 10.2 Å². The van der Waals surface area contributed by atoms with Crippen molar-refractivity contribution in [3.05, 3.63) is 23.5 Å². The van der Waals surface area contributed by atoms with Crippen molar-refractivity contribution >= 4 is 0 Å². The molecule has 9 heavy (non-hydrogen) atoms. The number of aromatic nitrogens is 2. The molecule has 0 aliphatic heterocycles. The second kappa shape index (κ2) is 1.53. The van der Waals surface area contributed by atoms with Crippen LogP contribution in [0.4, 0.5) is 0 Å². The molecule has 46 valence electrons. The molecule has 0 bridgehead atoms. The fourth-order valence-electron chi connectivity index (χ4n) is 1.25.